The first-order valence-electron chi connectivity index (χ1n) is 11.6. The quantitative estimate of drug-likeness (QED) is 0.721. The number of nitrogens with zero attached hydrogens (tertiary/aromatic N) is 2. The van der Waals surface area contributed by atoms with Crippen LogP contribution in [0.2, 0.25) is 0 Å². The average molecular weight is 452 g/mol. The Morgan fingerprint density at radius 2 is 1.73 bits per heavy atom. The van der Waals surface area contributed by atoms with Gasteiger partial charge in [-0.15, -0.1) is 0 Å². The largest absolute Gasteiger partial charge is 0.444 e. The molecule has 33 heavy (non-hydrogen) atoms. The van der Waals surface area contributed by atoms with E-state index < -0.39 is 5.60 Å². The summed E-state index contributed by atoms with van der Waals surface area (Å²) in [6.45, 7) is 8.54. The molecule has 0 saturated carbocycles. The molecule has 0 spiro atoms. The Kier molecular flexibility index (Phi) is 6.88. The van der Waals surface area contributed by atoms with Crippen molar-refractivity contribution in [2.24, 2.45) is 0 Å². The molecule has 2 aromatic carbocycles. The number of ether oxygens (including phenoxy) is 2. The van der Waals surface area contributed by atoms with E-state index in [1.54, 1.807) is 9.80 Å². The van der Waals surface area contributed by atoms with Gasteiger partial charge in [-0.05, 0) is 75.5 Å². The predicted molar refractivity (Wildman–Crippen MR) is 127 cm³/mol. The second-order valence-corrected chi connectivity index (χ2v) is 9.68. The molecule has 0 unspecified atom stereocenters. The fourth-order valence-corrected chi connectivity index (χ4v) is 4.31. The first-order valence-corrected chi connectivity index (χ1v) is 11.6. The zero-order valence-corrected chi connectivity index (χ0v) is 19.7. The molecule has 0 aliphatic carbocycles. The van der Waals surface area contributed by atoms with E-state index in [0.717, 1.165) is 48.3 Å². The van der Waals surface area contributed by atoms with Crippen LogP contribution in [0.15, 0.2) is 48.5 Å². The van der Waals surface area contributed by atoms with E-state index in [1.165, 1.54) is 0 Å². The van der Waals surface area contributed by atoms with Gasteiger partial charge in [-0.25, -0.2) is 9.59 Å². The van der Waals surface area contributed by atoms with Crippen LogP contribution < -0.4 is 10.2 Å². The molecule has 7 heteroatoms. The highest BCUT2D eigenvalue weighted by molar-refractivity contribution is 5.88. The molecular formula is C26H33N3O4. The Bertz CT molecular complexity index is 981. The molecule has 1 fully saturated rings. The molecule has 4 rings (SSSR count). The Balaban J connectivity index is 1.51. The standard InChI is InChI=1S/C26H33N3O4/c1-26(2,3)33-24(30)28-16-20-9-10-23(15-21(20)17-28)29(22-11-13-27-14-12-22)25(31)32-18-19-7-5-4-6-8-19/h4-10,15,22,27H,11-14,16-18H2,1-3H3. The lowest BCUT2D eigenvalue weighted by molar-refractivity contribution is 0.0241. The molecule has 1 saturated heterocycles. The van der Waals surface area contributed by atoms with Gasteiger partial charge in [0.1, 0.15) is 12.2 Å². The topological polar surface area (TPSA) is 71.1 Å². The highest BCUT2D eigenvalue weighted by Crippen LogP contribution is 2.31. The fraction of sp³-hybridized carbons (Fsp3) is 0.462. The van der Waals surface area contributed by atoms with Gasteiger partial charge in [0.25, 0.3) is 0 Å². The summed E-state index contributed by atoms with van der Waals surface area (Å²) in [5.74, 6) is 0. The van der Waals surface area contributed by atoms with Crippen molar-refractivity contribution in [2.45, 2.75) is 65.0 Å². The third-order valence-electron chi connectivity index (χ3n) is 5.92. The molecule has 0 radical (unpaired) electrons. The summed E-state index contributed by atoms with van der Waals surface area (Å²) in [6.07, 6.45) is 1.06. The number of benzene rings is 2. The number of amides is 2. The van der Waals surface area contributed by atoms with Crippen molar-refractivity contribution in [3.63, 3.8) is 0 Å². The van der Waals surface area contributed by atoms with Crippen LogP contribution in [-0.4, -0.2) is 41.8 Å². The monoisotopic (exact) mass is 451 g/mol. The molecular weight excluding hydrogens is 418 g/mol. The third-order valence-corrected chi connectivity index (χ3v) is 5.92. The van der Waals surface area contributed by atoms with Gasteiger partial charge in [-0.3, -0.25) is 9.80 Å². The van der Waals surface area contributed by atoms with Crippen LogP contribution in [0.4, 0.5) is 15.3 Å². The predicted octanol–water partition coefficient (Wildman–Crippen LogP) is 4.83. The Labute approximate surface area is 195 Å². The van der Waals surface area contributed by atoms with Crippen LogP contribution in [-0.2, 0) is 29.2 Å². The summed E-state index contributed by atoms with van der Waals surface area (Å²) in [5.41, 5.74) is 3.34. The van der Waals surface area contributed by atoms with E-state index >= 15 is 0 Å². The lowest BCUT2D eigenvalue weighted by atomic mass is 10.0. The minimum absolute atomic E-state index is 0.0657. The van der Waals surface area contributed by atoms with Crippen LogP contribution in [0.25, 0.3) is 0 Å². The molecule has 2 aromatic rings. The summed E-state index contributed by atoms with van der Waals surface area (Å²) >= 11 is 0. The zero-order valence-electron chi connectivity index (χ0n) is 19.7. The molecule has 176 valence electrons. The van der Waals surface area contributed by atoms with Crippen LogP contribution >= 0.6 is 0 Å². The highest BCUT2D eigenvalue weighted by atomic mass is 16.6. The lowest BCUT2D eigenvalue weighted by Crippen LogP contribution is -2.46. The number of carbonyl (C=O) groups excluding carboxylic acids is 2. The number of piperidine rings is 1. The fourth-order valence-electron chi connectivity index (χ4n) is 4.31. The van der Waals surface area contributed by atoms with E-state index in [9.17, 15) is 9.59 Å². The summed E-state index contributed by atoms with van der Waals surface area (Å²) in [6, 6.07) is 15.8. The Morgan fingerprint density at radius 1 is 1.03 bits per heavy atom. The molecule has 2 aliphatic rings. The van der Waals surface area contributed by atoms with Gasteiger partial charge in [0.2, 0.25) is 0 Å². The van der Waals surface area contributed by atoms with Crippen molar-refractivity contribution >= 4 is 17.9 Å². The minimum Gasteiger partial charge on any atom is -0.444 e. The van der Waals surface area contributed by atoms with Gasteiger partial charge >= 0.3 is 12.2 Å². The maximum Gasteiger partial charge on any atom is 0.414 e. The van der Waals surface area contributed by atoms with Crippen molar-refractivity contribution in [3.8, 4) is 0 Å². The number of fused-ring (bicyclic) bond motifs is 1. The molecule has 2 heterocycles. The minimum atomic E-state index is -0.536. The maximum atomic E-state index is 13.2. The first kappa shape index (κ1) is 23.1. The van der Waals surface area contributed by atoms with E-state index in [0.29, 0.717) is 13.1 Å². The first-order chi connectivity index (χ1) is 15.8. The van der Waals surface area contributed by atoms with Gasteiger partial charge in [-0.2, -0.15) is 0 Å². The van der Waals surface area contributed by atoms with Crippen molar-refractivity contribution in [3.05, 3.63) is 65.2 Å². The van der Waals surface area contributed by atoms with Gasteiger partial charge in [0.05, 0.1) is 0 Å². The molecule has 2 aliphatic heterocycles. The van der Waals surface area contributed by atoms with Crippen LogP contribution in [0, 0.1) is 0 Å². The van der Waals surface area contributed by atoms with Crippen molar-refractivity contribution < 1.29 is 19.1 Å². The maximum absolute atomic E-state index is 13.2. The second kappa shape index (κ2) is 9.83. The molecule has 0 aromatic heterocycles. The van der Waals surface area contributed by atoms with Crippen molar-refractivity contribution in [2.75, 3.05) is 18.0 Å². The van der Waals surface area contributed by atoms with Crippen LogP contribution in [0.3, 0.4) is 0 Å². The number of carbonyl (C=O) groups is 2. The van der Waals surface area contributed by atoms with Crippen LogP contribution in [0.5, 0.6) is 0 Å². The van der Waals surface area contributed by atoms with Gasteiger partial charge in [-0.1, -0.05) is 36.4 Å². The third kappa shape index (κ3) is 5.85. The number of hydrogen-bond acceptors (Lipinski definition) is 5. The summed E-state index contributed by atoms with van der Waals surface area (Å²) in [7, 11) is 0. The smallest absolute Gasteiger partial charge is 0.414 e. The van der Waals surface area contributed by atoms with Gasteiger partial charge < -0.3 is 14.8 Å². The van der Waals surface area contributed by atoms with E-state index in [-0.39, 0.29) is 24.8 Å². The normalized spacial score (nSPS) is 16.3. The Morgan fingerprint density at radius 3 is 2.42 bits per heavy atom. The van der Waals surface area contributed by atoms with Crippen LogP contribution in [0.1, 0.15) is 50.3 Å². The zero-order chi connectivity index (χ0) is 23.4. The van der Waals surface area contributed by atoms with E-state index in [2.05, 4.69) is 5.32 Å². The number of rotatable bonds is 4. The summed E-state index contributed by atoms with van der Waals surface area (Å²) in [4.78, 5) is 29.3. The van der Waals surface area contributed by atoms with Gasteiger partial charge in [0.15, 0.2) is 0 Å². The average Bonchev–Trinajstić information content (AvgIpc) is 3.22. The molecule has 0 bridgehead atoms. The SMILES string of the molecule is CC(C)(C)OC(=O)N1Cc2ccc(N(C(=O)OCc3ccccc3)C3CCNCC3)cc2C1. The molecule has 2 amide bonds. The van der Waals surface area contributed by atoms with Gasteiger partial charge in [0, 0.05) is 24.8 Å². The summed E-state index contributed by atoms with van der Waals surface area (Å²) < 4.78 is 11.2. The van der Waals surface area contributed by atoms with E-state index in [1.807, 2.05) is 69.3 Å². The molecule has 1 N–H and O–H groups in total. The lowest BCUT2D eigenvalue weighted by Gasteiger charge is -2.34. The van der Waals surface area contributed by atoms with Crippen molar-refractivity contribution in [1.29, 1.82) is 0 Å². The van der Waals surface area contributed by atoms with Crippen molar-refractivity contribution in [1.82, 2.24) is 10.2 Å². The Hall–Kier alpha value is -3.06. The number of nitrogens with one attached hydrogen (secondary N) is 1. The number of hydrogen-bond donors (Lipinski definition) is 1. The molecule has 0 atom stereocenters. The number of anilines is 1. The van der Waals surface area contributed by atoms with E-state index in [4.69, 9.17) is 9.47 Å². The second-order valence-electron chi connectivity index (χ2n) is 9.68. The highest BCUT2D eigenvalue weighted by Gasteiger charge is 2.31. The molecule has 7 nitrogen and oxygen atoms in total. The summed E-state index contributed by atoms with van der Waals surface area (Å²) in [5, 5.41) is 3.36.